The number of aryl methyl sites for hydroxylation is 2. The Labute approximate surface area is 209 Å². The lowest BCUT2D eigenvalue weighted by molar-refractivity contribution is 0.0953. The molecule has 4 aromatic rings. The Morgan fingerprint density at radius 2 is 1.91 bits per heavy atom. The van der Waals surface area contributed by atoms with E-state index in [1.807, 2.05) is 6.20 Å². The molecule has 2 N–H and O–H groups in total. The predicted molar refractivity (Wildman–Crippen MR) is 137 cm³/mol. The van der Waals surface area contributed by atoms with Gasteiger partial charge in [-0.3, -0.25) is 4.79 Å². The highest BCUT2D eigenvalue weighted by Crippen LogP contribution is 2.30. The van der Waals surface area contributed by atoms with Crippen molar-refractivity contribution in [1.29, 1.82) is 0 Å². The summed E-state index contributed by atoms with van der Waals surface area (Å²) in [5.41, 5.74) is 3.20. The van der Waals surface area contributed by atoms with E-state index in [0.29, 0.717) is 46.0 Å². The van der Waals surface area contributed by atoms with E-state index in [9.17, 15) is 9.18 Å². The Bertz CT molecular complexity index is 1300. The second-order valence-electron chi connectivity index (χ2n) is 8.51. The van der Waals surface area contributed by atoms with E-state index in [-0.39, 0.29) is 5.91 Å². The molecule has 0 aliphatic heterocycles. The molecule has 1 amide bonds. The van der Waals surface area contributed by atoms with Crippen LogP contribution in [0.25, 0.3) is 22.3 Å². The summed E-state index contributed by atoms with van der Waals surface area (Å²) in [7, 11) is 0. The molecule has 2 aromatic carbocycles. The Kier molecular flexibility index (Phi) is 8.08. The van der Waals surface area contributed by atoms with E-state index >= 15 is 0 Å². The maximum atomic E-state index is 14.8. The first-order valence-corrected chi connectivity index (χ1v) is 12.4. The third-order valence-electron chi connectivity index (χ3n) is 5.82. The molecule has 2 heterocycles. The van der Waals surface area contributed by atoms with Crippen LogP contribution >= 0.6 is 11.6 Å². The first-order valence-electron chi connectivity index (χ1n) is 12.0. The van der Waals surface area contributed by atoms with Crippen LogP contribution in [0.15, 0.2) is 48.7 Å². The van der Waals surface area contributed by atoms with Crippen LogP contribution in [0.3, 0.4) is 0 Å². The molecule has 0 radical (unpaired) electrons. The van der Waals surface area contributed by atoms with Crippen LogP contribution in [0.1, 0.15) is 66.9 Å². The van der Waals surface area contributed by atoms with E-state index < -0.39 is 6.17 Å². The van der Waals surface area contributed by atoms with Crippen molar-refractivity contribution >= 4 is 28.4 Å². The average molecular weight is 494 g/mol. The second kappa shape index (κ2) is 11.4. The van der Waals surface area contributed by atoms with Gasteiger partial charge in [-0.1, -0.05) is 37.9 Å². The standard InChI is InChI=1S/C27H29ClFN5O/c1-3-6-20-16-31-24(32-20)7-5-14-30-27(35)18-10-13-21-23(15-18)33-26(34-25(21)22(29)4-2)17-8-11-19(28)12-9-17/h8-13,15-16,22H,3-7,14H2,1-2H3,(H,30,35)(H,31,32). The number of aromatic nitrogens is 4. The molecule has 0 saturated carbocycles. The minimum absolute atomic E-state index is 0.196. The fourth-order valence-electron chi connectivity index (χ4n) is 3.94. The number of amides is 1. The summed E-state index contributed by atoms with van der Waals surface area (Å²) in [5.74, 6) is 1.14. The molecule has 0 fully saturated rings. The molecule has 1 unspecified atom stereocenters. The average Bonchev–Trinajstić information content (AvgIpc) is 3.33. The van der Waals surface area contributed by atoms with Gasteiger partial charge in [-0.05, 0) is 55.7 Å². The highest BCUT2D eigenvalue weighted by atomic mass is 35.5. The van der Waals surface area contributed by atoms with Crippen LogP contribution in [0.4, 0.5) is 4.39 Å². The molecule has 0 aliphatic rings. The van der Waals surface area contributed by atoms with Crippen molar-refractivity contribution in [2.24, 2.45) is 0 Å². The van der Waals surface area contributed by atoms with Gasteiger partial charge in [-0.15, -0.1) is 0 Å². The fraction of sp³-hybridized carbons (Fsp3) is 0.333. The molecule has 0 spiro atoms. The van der Waals surface area contributed by atoms with E-state index in [0.717, 1.165) is 42.8 Å². The molecular weight excluding hydrogens is 465 g/mol. The van der Waals surface area contributed by atoms with Gasteiger partial charge >= 0.3 is 0 Å². The molecule has 6 nitrogen and oxygen atoms in total. The molecule has 1 atom stereocenters. The molecule has 0 aliphatic carbocycles. The highest BCUT2D eigenvalue weighted by molar-refractivity contribution is 6.30. The van der Waals surface area contributed by atoms with Crippen LogP contribution in [0.2, 0.25) is 5.02 Å². The van der Waals surface area contributed by atoms with Crippen molar-refractivity contribution in [3.05, 3.63) is 76.5 Å². The second-order valence-corrected chi connectivity index (χ2v) is 8.95. The normalized spacial score (nSPS) is 12.1. The summed E-state index contributed by atoms with van der Waals surface area (Å²) in [6.07, 6.45) is 4.53. The van der Waals surface area contributed by atoms with Crippen molar-refractivity contribution in [1.82, 2.24) is 25.3 Å². The van der Waals surface area contributed by atoms with Crippen LogP contribution in [-0.2, 0) is 12.8 Å². The number of H-pyrrole nitrogens is 1. The summed E-state index contributed by atoms with van der Waals surface area (Å²) < 4.78 is 14.8. The number of imidazole rings is 1. The molecule has 0 saturated heterocycles. The number of nitrogens with one attached hydrogen (secondary N) is 2. The predicted octanol–water partition coefficient (Wildman–Crippen LogP) is 6.41. The zero-order valence-corrected chi connectivity index (χ0v) is 20.7. The first kappa shape index (κ1) is 24.8. The summed E-state index contributed by atoms with van der Waals surface area (Å²) in [6.45, 7) is 4.43. The molecule has 8 heteroatoms. The fourth-order valence-corrected chi connectivity index (χ4v) is 4.07. The topological polar surface area (TPSA) is 83.6 Å². The zero-order chi connectivity index (χ0) is 24.8. The Morgan fingerprint density at radius 1 is 1.11 bits per heavy atom. The van der Waals surface area contributed by atoms with E-state index in [1.54, 1.807) is 49.4 Å². The van der Waals surface area contributed by atoms with Crippen LogP contribution < -0.4 is 5.32 Å². The van der Waals surface area contributed by atoms with Gasteiger partial charge in [-0.2, -0.15) is 0 Å². The van der Waals surface area contributed by atoms with Gasteiger partial charge in [0.2, 0.25) is 0 Å². The maximum Gasteiger partial charge on any atom is 0.251 e. The monoisotopic (exact) mass is 493 g/mol. The van der Waals surface area contributed by atoms with Crippen molar-refractivity contribution in [3.63, 3.8) is 0 Å². The number of carbonyl (C=O) groups excluding carboxylic acids is 1. The van der Waals surface area contributed by atoms with Gasteiger partial charge in [0.05, 0.1) is 11.2 Å². The number of rotatable bonds is 10. The number of aromatic amines is 1. The lowest BCUT2D eigenvalue weighted by atomic mass is 10.0. The number of carbonyl (C=O) groups is 1. The summed E-state index contributed by atoms with van der Waals surface area (Å²) in [5, 5.41) is 4.16. The van der Waals surface area contributed by atoms with E-state index in [2.05, 4.69) is 32.2 Å². The number of halogens is 2. The molecular formula is C27H29ClFN5O. The Balaban J connectivity index is 1.50. The summed E-state index contributed by atoms with van der Waals surface area (Å²) >= 11 is 6.00. The van der Waals surface area contributed by atoms with Gasteiger partial charge in [0, 0.05) is 46.4 Å². The zero-order valence-electron chi connectivity index (χ0n) is 19.9. The highest BCUT2D eigenvalue weighted by Gasteiger charge is 2.18. The van der Waals surface area contributed by atoms with Gasteiger partial charge in [0.15, 0.2) is 5.82 Å². The molecule has 0 bridgehead atoms. The van der Waals surface area contributed by atoms with E-state index in [4.69, 9.17) is 11.6 Å². The third-order valence-corrected chi connectivity index (χ3v) is 6.07. The molecule has 4 rings (SSSR count). The van der Waals surface area contributed by atoms with Crippen molar-refractivity contribution in [2.45, 2.75) is 52.1 Å². The van der Waals surface area contributed by atoms with Crippen molar-refractivity contribution in [3.8, 4) is 11.4 Å². The first-order chi connectivity index (χ1) is 17.0. The number of alkyl halides is 1. The lowest BCUT2D eigenvalue weighted by Crippen LogP contribution is -2.24. The van der Waals surface area contributed by atoms with Crippen LogP contribution in [-0.4, -0.2) is 32.4 Å². The Morgan fingerprint density at radius 3 is 2.66 bits per heavy atom. The number of hydrogen-bond donors (Lipinski definition) is 2. The van der Waals surface area contributed by atoms with Gasteiger partial charge in [-0.25, -0.2) is 19.3 Å². The quantitative estimate of drug-likeness (QED) is 0.250. The maximum absolute atomic E-state index is 14.8. The third kappa shape index (κ3) is 6.03. The number of fused-ring (bicyclic) bond motifs is 1. The van der Waals surface area contributed by atoms with Gasteiger partial charge in [0.1, 0.15) is 12.0 Å². The number of benzene rings is 2. The SMILES string of the molecule is CCCc1cnc(CCCNC(=O)c2ccc3c(C(F)CC)nc(-c4ccc(Cl)cc4)nc3c2)[nH]1. The van der Waals surface area contributed by atoms with E-state index in [1.165, 1.54) is 0 Å². The van der Waals surface area contributed by atoms with Crippen molar-refractivity contribution < 1.29 is 9.18 Å². The number of hydrogen-bond acceptors (Lipinski definition) is 4. The minimum atomic E-state index is -1.23. The van der Waals surface area contributed by atoms with Crippen molar-refractivity contribution in [2.75, 3.05) is 6.54 Å². The van der Waals surface area contributed by atoms with Gasteiger partial charge < -0.3 is 10.3 Å². The summed E-state index contributed by atoms with van der Waals surface area (Å²) in [4.78, 5) is 29.6. The minimum Gasteiger partial charge on any atom is -0.352 e. The summed E-state index contributed by atoms with van der Waals surface area (Å²) in [6, 6.07) is 12.2. The number of nitrogens with zero attached hydrogens (tertiary/aromatic N) is 3. The lowest BCUT2D eigenvalue weighted by Gasteiger charge is -2.12. The molecule has 2 aromatic heterocycles. The van der Waals surface area contributed by atoms with Crippen LogP contribution in [0.5, 0.6) is 0 Å². The molecule has 182 valence electrons. The molecule has 35 heavy (non-hydrogen) atoms. The van der Waals surface area contributed by atoms with Gasteiger partial charge in [0.25, 0.3) is 5.91 Å². The smallest absolute Gasteiger partial charge is 0.251 e. The Hall–Kier alpha value is -3.32. The largest absolute Gasteiger partial charge is 0.352 e. The van der Waals surface area contributed by atoms with Crippen LogP contribution in [0, 0.1) is 0 Å².